The van der Waals surface area contributed by atoms with Crippen molar-refractivity contribution >= 4 is 28.9 Å². The van der Waals surface area contributed by atoms with Gasteiger partial charge in [0.05, 0.1) is 11.7 Å². The quantitative estimate of drug-likeness (QED) is 0.779. The largest absolute Gasteiger partial charge is 0.242 e. The number of anilines is 1. The average molecular weight is 308 g/mol. The van der Waals surface area contributed by atoms with Crippen LogP contribution in [-0.2, 0) is 0 Å². The molecule has 0 N–H and O–H groups in total. The van der Waals surface area contributed by atoms with Gasteiger partial charge in [-0.3, -0.25) is 0 Å². The molecule has 4 aliphatic rings. The molecule has 0 amide bonds. The first-order chi connectivity index (χ1) is 9.72. The molecule has 1 aromatic carbocycles. The molecular weight excluding hydrogens is 297 g/mol. The Kier molecular flexibility index (Phi) is 2.13. The summed E-state index contributed by atoms with van der Waals surface area (Å²) in [6, 6.07) is 6.81. The van der Waals surface area contributed by atoms with E-state index in [2.05, 4.69) is 20.6 Å². The van der Waals surface area contributed by atoms with Gasteiger partial charge < -0.3 is 0 Å². The van der Waals surface area contributed by atoms with Gasteiger partial charge >= 0.3 is 0 Å². The van der Waals surface area contributed by atoms with Crippen LogP contribution in [0.25, 0.3) is 0 Å². The number of halogens is 2. The Labute approximate surface area is 125 Å². The molecule has 1 aromatic rings. The molecule has 2 aliphatic heterocycles. The molecule has 5 rings (SSSR count). The van der Waals surface area contributed by atoms with Crippen molar-refractivity contribution in [1.82, 2.24) is 0 Å². The highest BCUT2D eigenvalue weighted by Crippen LogP contribution is 2.56. The summed E-state index contributed by atoms with van der Waals surface area (Å²) in [5, 5.41) is 20.6. The fourth-order valence-electron chi connectivity index (χ4n) is 4.23. The normalized spacial score (nSPS) is 42.8. The Balaban J connectivity index is 1.55. The third-order valence-electron chi connectivity index (χ3n) is 5.01. The number of hydrogen-bond acceptors (Lipinski definition) is 5. The molecule has 102 valence electrons. The van der Waals surface area contributed by atoms with E-state index in [9.17, 15) is 0 Å². The van der Waals surface area contributed by atoms with Gasteiger partial charge in [-0.2, -0.15) is 15.3 Å². The number of rotatable bonds is 1. The van der Waals surface area contributed by atoms with Gasteiger partial charge in [-0.05, 0) is 24.6 Å². The van der Waals surface area contributed by atoms with Crippen LogP contribution >= 0.6 is 23.2 Å². The molecule has 0 radical (unpaired) electrons. The molecule has 2 saturated carbocycles. The first-order valence-corrected chi connectivity index (χ1v) is 7.54. The predicted octanol–water partition coefficient (Wildman–Crippen LogP) is 3.77. The first-order valence-electron chi connectivity index (χ1n) is 6.78. The van der Waals surface area contributed by atoms with Gasteiger partial charge in [-0.25, -0.2) is 5.01 Å². The highest BCUT2D eigenvalue weighted by Gasteiger charge is 2.65. The maximum absolute atomic E-state index is 6.10. The van der Waals surface area contributed by atoms with Gasteiger partial charge in [0.2, 0.25) is 0 Å². The second kappa shape index (κ2) is 3.71. The van der Waals surface area contributed by atoms with Gasteiger partial charge in [0.25, 0.3) is 0 Å². The number of fused-ring (bicyclic) bond motifs is 8. The van der Waals surface area contributed by atoms with E-state index in [1.165, 1.54) is 0 Å². The van der Waals surface area contributed by atoms with Crippen LogP contribution in [0.3, 0.4) is 0 Å². The minimum atomic E-state index is 0.248. The van der Waals surface area contributed by atoms with Crippen molar-refractivity contribution in [2.75, 3.05) is 5.01 Å². The summed E-state index contributed by atoms with van der Waals surface area (Å²) < 4.78 is 0. The fourth-order valence-corrected chi connectivity index (χ4v) is 4.75. The van der Waals surface area contributed by atoms with Crippen LogP contribution in [0.2, 0.25) is 10.0 Å². The molecule has 0 unspecified atom stereocenters. The van der Waals surface area contributed by atoms with E-state index in [1.54, 1.807) is 6.07 Å². The van der Waals surface area contributed by atoms with Gasteiger partial charge in [0.1, 0.15) is 18.1 Å². The molecule has 2 aliphatic carbocycles. The van der Waals surface area contributed by atoms with Gasteiger partial charge in [-0.15, -0.1) is 0 Å². The number of hydrogen-bond donors (Lipinski definition) is 0. The number of azo groups is 1. The van der Waals surface area contributed by atoms with Gasteiger partial charge in [0, 0.05) is 21.9 Å². The topological polar surface area (TPSA) is 52.7 Å². The van der Waals surface area contributed by atoms with Crippen LogP contribution in [0.15, 0.2) is 38.8 Å². The summed E-state index contributed by atoms with van der Waals surface area (Å²) in [6.07, 6.45) is 1.15. The highest BCUT2D eigenvalue weighted by atomic mass is 35.5. The van der Waals surface area contributed by atoms with Crippen LogP contribution in [0.1, 0.15) is 6.42 Å². The molecule has 5 nitrogen and oxygen atoms in total. The van der Waals surface area contributed by atoms with Crippen molar-refractivity contribution in [2.45, 2.75) is 30.6 Å². The molecule has 0 aromatic heterocycles. The summed E-state index contributed by atoms with van der Waals surface area (Å²) in [6.45, 7) is 0. The molecular formula is C13H11Cl2N5. The number of nitrogens with zero attached hydrogens (tertiary/aromatic N) is 5. The van der Waals surface area contributed by atoms with E-state index >= 15 is 0 Å². The first kappa shape index (κ1) is 11.5. The van der Waals surface area contributed by atoms with Crippen LogP contribution in [0.4, 0.5) is 5.69 Å². The molecule has 2 bridgehead atoms. The predicted molar refractivity (Wildman–Crippen MR) is 75.4 cm³/mol. The zero-order valence-corrected chi connectivity index (χ0v) is 11.9. The van der Waals surface area contributed by atoms with E-state index in [0.29, 0.717) is 34.0 Å². The van der Waals surface area contributed by atoms with Crippen molar-refractivity contribution in [1.29, 1.82) is 0 Å². The summed E-state index contributed by atoms with van der Waals surface area (Å²) in [5.41, 5.74) is 0.916. The van der Waals surface area contributed by atoms with E-state index in [0.717, 1.165) is 12.1 Å². The zero-order chi connectivity index (χ0) is 13.4. The summed E-state index contributed by atoms with van der Waals surface area (Å²) >= 11 is 12.2. The Bertz CT molecular complexity index is 640. The van der Waals surface area contributed by atoms with Crippen LogP contribution < -0.4 is 5.01 Å². The van der Waals surface area contributed by atoms with E-state index in [-0.39, 0.29) is 12.1 Å². The second-order valence-electron chi connectivity index (χ2n) is 5.93. The lowest BCUT2D eigenvalue weighted by atomic mass is 9.82. The van der Waals surface area contributed by atoms with Crippen molar-refractivity contribution in [3.8, 4) is 0 Å². The van der Waals surface area contributed by atoms with Crippen LogP contribution in [0.5, 0.6) is 0 Å². The van der Waals surface area contributed by atoms with Gasteiger partial charge in [0.15, 0.2) is 0 Å². The Morgan fingerprint density at radius 1 is 0.900 bits per heavy atom. The minimum absolute atomic E-state index is 0.248. The van der Waals surface area contributed by atoms with E-state index in [1.807, 2.05) is 17.1 Å². The molecule has 20 heavy (non-hydrogen) atoms. The molecule has 0 saturated heterocycles. The summed E-state index contributed by atoms with van der Waals surface area (Å²) in [5.74, 6) is 1.01. The van der Waals surface area contributed by atoms with Crippen molar-refractivity contribution in [2.24, 2.45) is 32.4 Å². The lowest BCUT2D eigenvalue weighted by Gasteiger charge is -2.38. The Hall–Kier alpha value is -1.20. The summed E-state index contributed by atoms with van der Waals surface area (Å²) in [7, 11) is 0. The maximum Gasteiger partial charge on any atom is 0.101 e. The zero-order valence-electron chi connectivity index (χ0n) is 10.4. The SMILES string of the molecule is Clc1cc(Cl)cc(N2N=N[C@H]3[C@H]4C[C@H]([C@@H]5N=N[C@H]45)[C@H]32)c1. The molecule has 7 heteroatoms. The van der Waals surface area contributed by atoms with Crippen LogP contribution in [0, 0.1) is 11.8 Å². The van der Waals surface area contributed by atoms with Crippen molar-refractivity contribution in [3.63, 3.8) is 0 Å². The van der Waals surface area contributed by atoms with E-state index < -0.39 is 0 Å². The third kappa shape index (κ3) is 1.30. The van der Waals surface area contributed by atoms with E-state index in [4.69, 9.17) is 23.2 Å². The molecule has 0 spiro atoms. The Morgan fingerprint density at radius 2 is 1.60 bits per heavy atom. The lowest BCUT2D eigenvalue weighted by Crippen LogP contribution is -2.52. The smallest absolute Gasteiger partial charge is 0.101 e. The number of benzene rings is 1. The highest BCUT2D eigenvalue weighted by molar-refractivity contribution is 6.35. The Morgan fingerprint density at radius 3 is 2.30 bits per heavy atom. The molecule has 2 heterocycles. The second-order valence-corrected chi connectivity index (χ2v) is 6.81. The maximum atomic E-state index is 6.10. The molecule has 6 atom stereocenters. The average Bonchev–Trinajstić information content (AvgIpc) is 2.95. The van der Waals surface area contributed by atoms with Crippen molar-refractivity contribution in [3.05, 3.63) is 28.2 Å². The minimum Gasteiger partial charge on any atom is -0.242 e. The van der Waals surface area contributed by atoms with Crippen molar-refractivity contribution < 1.29 is 0 Å². The van der Waals surface area contributed by atoms with Crippen LogP contribution in [-0.4, -0.2) is 24.2 Å². The lowest BCUT2D eigenvalue weighted by molar-refractivity contribution is 0.242. The standard InChI is InChI=1S/C13H11Cl2N5/c14-5-1-6(15)3-7(2-5)20-13-9-4-8(12(13)18-19-20)10-11(9)17-16-10/h1-3,8-13H,4H2/t8-,9+,10+,11-,12-,13+/m0/s1. The summed E-state index contributed by atoms with van der Waals surface area (Å²) in [4.78, 5) is 0. The third-order valence-corrected chi connectivity index (χ3v) is 5.44. The van der Waals surface area contributed by atoms with Gasteiger partial charge in [-0.1, -0.05) is 28.4 Å². The fraction of sp³-hybridized carbons (Fsp3) is 0.538. The molecule has 2 fully saturated rings. The monoisotopic (exact) mass is 307 g/mol.